The summed E-state index contributed by atoms with van der Waals surface area (Å²) in [6.07, 6.45) is 5.03. The van der Waals surface area contributed by atoms with Crippen molar-refractivity contribution in [2.24, 2.45) is 0 Å². The Kier molecular flexibility index (Phi) is 4.73. The van der Waals surface area contributed by atoms with Gasteiger partial charge in [0, 0.05) is 18.9 Å². The number of halogens is 2. The highest BCUT2D eigenvalue weighted by molar-refractivity contribution is 9.10. The van der Waals surface area contributed by atoms with E-state index in [9.17, 15) is 4.79 Å². The van der Waals surface area contributed by atoms with Crippen molar-refractivity contribution in [3.05, 3.63) is 33.8 Å². The molecule has 0 saturated carbocycles. The van der Waals surface area contributed by atoms with Crippen LogP contribution in [0.4, 0.5) is 0 Å². The Morgan fingerprint density at radius 1 is 1.48 bits per heavy atom. The van der Waals surface area contributed by atoms with E-state index in [-0.39, 0.29) is 5.91 Å². The van der Waals surface area contributed by atoms with Gasteiger partial charge in [0.15, 0.2) is 0 Å². The number of rotatable bonds is 5. The van der Waals surface area contributed by atoms with Crippen LogP contribution in [0, 0.1) is 0 Å². The van der Waals surface area contributed by atoms with Gasteiger partial charge in [-0.3, -0.25) is 14.2 Å². The fourth-order valence-corrected chi connectivity index (χ4v) is 2.40. The van der Waals surface area contributed by atoms with E-state index in [2.05, 4.69) is 31.4 Å². The van der Waals surface area contributed by atoms with Crippen LogP contribution in [0.15, 0.2) is 23.1 Å². The molecule has 8 heteroatoms. The molecule has 0 aromatic carbocycles. The van der Waals surface area contributed by atoms with Gasteiger partial charge in [-0.1, -0.05) is 11.6 Å². The molecular formula is C13H17BrClN5O. The Morgan fingerprint density at radius 3 is 2.71 bits per heavy atom. The van der Waals surface area contributed by atoms with Gasteiger partial charge in [-0.2, -0.15) is 10.2 Å². The number of nitrogens with zero attached hydrogens (tertiary/aromatic N) is 4. The zero-order chi connectivity index (χ0) is 15.6. The van der Waals surface area contributed by atoms with E-state index in [4.69, 9.17) is 11.6 Å². The molecule has 2 heterocycles. The molecule has 1 N–H and O–H groups in total. The normalized spacial score (nSPS) is 11.7. The standard InChI is InChI=1S/C13H17BrClN5O/c1-4-19-8-10(14)11(18-19)6-16-12(21)13(2,3)20-7-9(15)5-17-20/h5,7-8H,4,6H2,1-3H3,(H,16,21). The minimum Gasteiger partial charge on any atom is -0.348 e. The lowest BCUT2D eigenvalue weighted by Crippen LogP contribution is -2.44. The van der Waals surface area contributed by atoms with Crippen molar-refractivity contribution < 1.29 is 4.79 Å². The average molecular weight is 375 g/mol. The van der Waals surface area contributed by atoms with Gasteiger partial charge >= 0.3 is 0 Å². The van der Waals surface area contributed by atoms with Gasteiger partial charge < -0.3 is 5.32 Å². The highest BCUT2D eigenvalue weighted by atomic mass is 79.9. The molecule has 0 unspecified atom stereocenters. The van der Waals surface area contributed by atoms with Gasteiger partial charge in [0.05, 0.1) is 27.9 Å². The summed E-state index contributed by atoms with van der Waals surface area (Å²) in [7, 11) is 0. The molecule has 0 atom stereocenters. The summed E-state index contributed by atoms with van der Waals surface area (Å²) in [6, 6.07) is 0. The molecule has 0 aliphatic heterocycles. The highest BCUT2D eigenvalue weighted by Crippen LogP contribution is 2.19. The third kappa shape index (κ3) is 3.47. The molecule has 2 aromatic heterocycles. The molecule has 21 heavy (non-hydrogen) atoms. The van der Waals surface area contributed by atoms with E-state index in [1.54, 1.807) is 24.7 Å². The van der Waals surface area contributed by atoms with Crippen LogP contribution in [-0.4, -0.2) is 25.5 Å². The number of nitrogens with one attached hydrogen (secondary N) is 1. The molecule has 0 spiro atoms. The molecule has 2 rings (SSSR count). The third-order valence-corrected chi connectivity index (χ3v) is 4.06. The number of hydrogen-bond acceptors (Lipinski definition) is 3. The number of aromatic nitrogens is 4. The average Bonchev–Trinajstić information content (AvgIpc) is 3.02. The van der Waals surface area contributed by atoms with E-state index in [0.717, 1.165) is 16.7 Å². The van der Waals surface area contributed by atoms with Crippen molar-refractivity contribution in [1.82, 2.24) is 24.9 Å². The van der Waals surface area contributed by atoms with Gasteiger partial charge in [-0.15, -0.1) is 0 Å². The Hall–Kier alpha value is -1.34. The molecule has 0 fully saturated rings. The summed E-state index contributed by atoms with van der Waals surface area (Å²) in [5.41, 5.74) is -0.0352. The first-order valence-corrected chi connectivity index (χ1v) is 7.72. The predicted octanol–water partition coefficient (Wildman–Crippen LogP) is 2.57. The van der Waals surface area contributed by atoms with E-state index < -0.39 is 5.54 Å². The minimum absolute atomic E-state index is 0.153. The van der Waals surface area contributed by atoms with Crippen LogP contribution < -0.4 is 5.32 Å². The van der Waals surface area contributed by atoms with Crippen molar-refractivity contribution >= 4 is 33.4 Å². The molecule has 0 saturated heterocycles. The lowest BCUT2D eigenvalue weighted by molar-refractivity contribution is -0.129. The van der Waals surface area contributed by atoms with E-state index in [1.165, 1.54) is 6.20 Å². The van der Waals surface area contributed by atoms with E-state index in [1.807, 2.05) is 17.8 Å². The summed E-state index contributed by atoms with van der Waals surface area (Å²) >= 11 is 9.29. The summed E-state index contributed by atoms with van der Waals surface area (Å²) < 4.78 is 4.23. The van der Waals surface area contributed by atoms with Crippen molar-refractivity contribution in [3.8, 4) is 0 Å². The second-order valence-corrected chi connectivity index (χ2v) is 6.42. The highest BCUT2D eigenvalue weighted by Gasteiger charge is 2.30. The quantitative estimate of drug-likeness (QED) is 0.875. The van der Waals surface area contributed by atoms with Crippen molar-refractivity contribution in [1.29, 1.82) is 0 Å². The van der Waals surface area contributed by atoms with Gasteiger partial charge in [-0.05, 0) is 36.7 Å². The van der Waals surface area contributed by atoms with E-state index >= 15 is 0 Å². The smallest absolute Gasteiger partial charge is 0.247 e. The zero-order valence-electron chi connectivity index (χ0n) is 12.1. The second kappa shape index (κ2) is 6.19. The first-order chi connectivity index (χ1) is 9.84. The molecule has 1 amide bonds. The van der Waals surface area contributed by atoms with Crippen LogP contribution in [-0.2, 0) is 23.4 Å². The van der Waals surface area contributed by atoms with Crippen LogP contribution in [0.1, 0.15) is 26.5 Å². The van der Waals surface area contributed by atoms with Crippen molar-refractivity contribution in [2.45, 2.75) is 39.4 Å². The van der Waals surface area contributed by atoms with Crippen molar-refractivity contribution in [3.63, 3.8) is 0 Å². The van der Waals surface area contributed by atoms with Crippen LogP contribution in [0.3, 0.4) is 0 Å². The second-order valence-electron chi connectivity index (χ2n) is 5.12. The first kappa shape index (κ1) is 16.0. The number of hydrogen-bond donors (Lipinski definition) is 1. The minimum atomic E-state index is -0.826. The Balaban J connectivity index is 2.05. The number of carbonyl (C=O) groups excluding carboxylic acids is 1. The molecule has 0 aliphatic carbocycles. The summed E-state index contributed by atoms with van der Waals surface area (Å²) in [6.45, 7) is 6.71. The van der Waals surface area contributed by atoms with Crippen LogP contribution >= 0.6 is 27.5 Å². The van der Waals surface area contributed by atoms with Gasteiger partial charge in [0.2, 0.25) is 5.91 Å². The summed E-state index contributed by atoms with van der Waals surface area (Å²) in [5, 5.41) is 11.8. The molecule has 0 aliphatic rings. The Bertz CT molecular complexity index is 649. The Morgan fingerprint density at radius 2 is 2.19 bits per heavy atom. The molecular weight excluding hydrogens is 358 g/mol. The summed E-state index contributed by atoms with van der Waals surface area (Å²) in [5.74, 6) is -0.153. The molecule has 0 radical (unpaired) electrons. The fraction of sp³-hybridized carbons (Fsp3) is 0.462. The lowest BCUT2D eigenvalue weighted by atomic mass is 10.1. The van der Waals surface area contributed by atoms with Crippen LogP contribution in [0.2, 0.25) is 5.02 Å². The van der Waals surface area contributed by atoms with Gasteiger partial charge in [0.25, 0.3) is 0 Å². The molecule has 2 aromatic rings. The van der Waals surface area contributed by atoms with E-state index in [0.29, 0.717) is 11.6 Å². The molecule has 0 bridgehead atoms. The van der Waals surface area contributed by atoms with Crippen LogP contribution in [0.25, 0.3) is 0 Å². The maximum Gasteiger partial charge on any atom is 0.247 e. The monoisotopic (exact) mass is 373 g/mol. The van der Waals surface area contributed by atoms with Crippen molar-refractivity contribution in [2.75, 3.05) is 0 Å². The molecule has 6 nitrogen and oxygen atoms in total. The first-order valence-electron chi connectivity index (χ1n) is 6.55. The van der Waals surface area contributed by atoms with Gasteiger partial charge in [-0.25, -0.2) is 0 Å². The SMILES string of the molecule is CCn1cc(Br)c(CNC(=O)C(C)(C)n2cc(Cl)cn2)n1. The lowest BCUT2D eigenvalue weighted by Gasteiger charge is -2.24. The fourth-order valence-electron chi connectivity index (χ4n) is 1.81. The number of aryl methyl sites for hydroxylation is 1. The topological polar surface area (TPSA) is 64.7 Å². The summed E-state index contributed by atoms with van der Waals surface area (Å²) in [4.78, 5) is 12.4. The van der Waals surface area contributed by atoms with Crippen LogP contribution in [0.5, 0.6) is 0 Å². The number of amides is 1. The Labute approximate surface area is 136 Å². The largest absolute Gasteiger partial charge is 0.348 e. The molecule has 114 valence electrons. The van der Waals surface area contributed by atoms with Gasteiger partial charge in [0.1, 0.15) is 5.54 Å². The number of carbonyl (C=O) groups is 1. The third-order valence-electron chi connectivity index (χ3n) is 3.21. The predicted molar refractivity (Wildman–Crippen MR) is 84.0 cm³/mol. The zero-order valence-corrected chi connectivity index (χ0v) is 14.4. The maximum atomic E-state index is 12.4. The maximum absolute atomic E-state index is 12.4.